The molecule has 1 saturated carbocycles. The molecule has 87 valence electrons. The average molecular weight is 298 g/mol. The van der Waals surface area contributed by atoms with Gasteiger partial charge in [0.1, 0.15) is 0 Å². The van der Waals surface area contributed by atoms with Gasteiger partial charge >= 0.3 is 0 Å². The second-order valence-electron chi connectivity index (χ2n) is 3.01. The number of ether oxygens (including phenoxy) is 1. The Hall–Kier alpha value is 0.184. The Morgan fingerprint density at radius 3 is 2.27 bits per heavy atom. The van der Waals surface area contributed by atoms with Crippen molar-refractivity contribution in [3.8, 4) is 0 Å². The third kappa shape index (κ3) is 14.2. The number of hydrogen-bond donors (Lipinski definition) is 2. The normalized spacial score (nSPS) is 15.0. The van der Waals surface area contributed by atoms with Crippen molar-refractivity contribution in [3.63, 3.8) is 0 Å². The van der Waals surface area contributed by atoms with E-state index in [1.807, 2.05) is 0 Å². The van der Waals surface area contributed by atoms with E-state index in [-0.39, 0.29) is 39.5 Å². The van der Waals surface area contributed by atoms with E-state index in [4.69, 9.17) is 25.3 Å². The molecule has 0 aromatic rings. The summed E-state index contributed by atoms with van der Waals surface area (Å²) in [5.74, 6) is 0.704. The Morgan fingerprint density at radius 1 is 1.40 bits per heavy atom. The first-order valence-electron chi connectivity index (χ1n) is 4.34. The zero-order chi connectivity index (χ0) is 10.8. The molecule has 1 aliphatic rings. The molecule has 1 fully saturated rings. The van der Waals surface area contributed by atoms with E-state index in [0.717, 1.165) is 6.61 Å². The van der Waals surface area contributed by atoms with Gasteiger partial charge in [0.25, 0.3) is 5.09 Å². The van der Waals surface area contributed by atoms with Crippen LogP contribution in [0.1, 0.15) is 25.7 Å². The van der Waals surface area contributed by atoms with Gasteiger partial charge in [-0.2, -0.15) is 0 Å². The summed E-state index contributed by atoms with van der Waals surface area (Å²) in [6.45, 7) is 0.747. The van der Waals surface area contributed by atoms with Crippen LogP contribution in [-0.2, 0) is 42.3 Å². The van der Waals surface area contributed by atoms with Crippen LogP contribution in [0.2, 0.25) is 0 Å². The largest absolute Gasteiger partial charge is 0.352 e. The molecular formula is C7H15NO6Y. The molecule has 2 N–H and O–H groups in total. The molecule has 0 amide bonds. The quantitative estimate of drug-likeness (QED) is 0.266. The minimum atomic E-state index is -1.50. The minimum absolute atomic E-state index is 0. The summed E-state index contributed by atoms with van der Waals surface area (Å²) >= 11 is 0. The van der Waals surface area contributed by atoms with Gasteiger partial charge in [0.05, 0.1) is 6.61 Å². The molecule has 0 unspecified atom stereocenters. The van der Waals surface area contributed by atoms with Gasteiger partial charge in [-0.05, 0) is 18.8 Å². The van der Waals surface area contributed by atoms with Gasteiger partial charge in [-0.25, -0.2) is 10.1 Å². The molecule has 8 heteroatoms. The molecular weight excluding hydrogens is 283 g/mol. The summed E-state index contributed by atoms with van der Waals surface area (Å²) in [7, 11) is 0. The van der Waals surface area contributed by atoms with Crippen molar-refractivity contribution in [2.24, 2.45) is 5.92 Å². The van der Waals surface area contributed by atoms with Gasteiger partial charge in [0.15, 0.2) is 6.79 Å². The molecule has 0 heterocycles. The van der Waals surface area contributed by atoms with Crippen LogP contribution in [0.4, 0.5) is 0 Å². The van der Waals surface area contributed by atoms with Crippen molar-refractivity contribution in [2.75, 3.05) is 13.4 Å². The van der Waals surface area contributed by atoms with Gasteiger partial charge < -0.3 is 9.94 Å². The third-order valence-corrected chi connectivity index (χ3v) is 1.96. The number of rotatable bonds is 4. The second-order valence-corrected chi connectivity index (χ2v) is 3.01. The van der Waals surface area contributed by atoms with Crippen molar-refractivity contribution in [2.45, 2.75) is 25.7 Å². The van der Waals surface area contributed by atoms with Gasteiger partial charge in [-0.1, -0.05) is 12.8 Å². The van der Waals surface area contributed by atoms with Crippen molar-refractivity contribution >= 4 is 0 Å². The number of hydrogen-bond acceptors (Lipinski definition) is 5. The average Bonchev–Trinajstić information content (AvgIpc) is 2.56. The summed E-state index contributed by atoms with van der Waals surface area (Å²) < 4.78 is 4.99. The van der Waals surface area contributed by atoms with Crippen LogP contribution >= 0.6 is 0 Å². The molecule has 1 aliphatic carbocycles. The van der Waals surface area contributed by atoms with Crippen LogP contribution in [0.15, 0.2) is 0 Å². The predicted molar refractivity (Wildman–Crippen MR) is 45.3 cm³/mol. The first-order valence-corrected chi connectivity index (χ1v) is 4.34. The molecule has 0 bridgehead atoms. The number of nitrogens with zero attached hydrogens (tertiary/aromatic N) is 1. The smallest absolute Gasteiger partial charge is 0.291 e. The maximum Gasteiger partial charge on any atom is 0.291 e. The maximum absolute atomic E-state index is 8.36. The monoisotopic (exact) mass is 298 g/mol. The third-order valence-electron chi connectivity index (χ3n) is 1.96. The second kappa shape index (κ2) is 12.3. The van der Waals surface area contributed by atoms with Crippen LogP contribution in [0.5, 0.6) is 0 Å². The summed E-state index contributed by atoms with van der Waals surface area (Å²) in [4.78, 5) is 12.1. The summed E-state index contributed by atoms with van der Waals surface area (Å²) in [5.41, 5.74) is 0. The summed E-state index contributed by atoms with van der Waals surface area (Å²) in [5, 5.41) is 21.6. The molecule has 7 nitrogen and oxygen atoms in total. The van der Waals surface area contributed by atoms with Crippen LogP contribution in [0, 0.1) is 16.0 Å². The van der Waals surface area contributed by atoms with Crippen molar-refractivity contribution in [1.82, 2.24) is 0 Å². The zero-order valence-corrected chi connectivity index (χ0v) is 11.2. The molecule has 0 aliphatic heterocycles. The van der Waals surface area contributed by atoms with Crippen molar-refractivity contribution in [1.29, 1.82) is 0 Å². The van der Waals surface area contributed by atoms with E-state index in [1.165, 1.54) is 25.7 Å². The van der Waals surface area contributed by atoms with Crippen LogP contribution in [0.3, 0.4) is 0 Å². The van der Waals surface area contributed by atoms with Gasteiger partial charge in [-0.3, -0.25) is 0 Å². The van der Waals surface area contributed by atoms with Crippen LogP contribution in [0.25, 0.3) is 0 Å². The van der Waals surface area contributed by atoms with Crippen molar-refractivity contribution < 1.29 is 57.9 Å². The Morgan fingerprint density at radius 2 is 1.87 bits per heavy atom. The van der Waals surface area contributed by atoms with Crippen molar-refractivity contribution in [3.05, 3.63) is 10.1 Å². The first kappa shape index (κ1) is 17.6. The predicted octanol–water partition coefficient (Wildman–Crippen LogP) is 1.29. The van der Waals surface area contributed by atoms with E-state index in [1.54, 1.807) is 0 Å². The molecule has 0 aromatic heterocycles. The Labute approximate surface area is 113 Å². The Bertz CT molecular complexity index is 148. The molecule has 1 rings (SSSR count). The summed E-state index contributed by atoms with van der Waals surface area (Å²) in [6.07, 6.45) is 5.19. The fourth-order valence-corrected chi connectivity index (χ4v) is 1.43. The molecule has 0 atom stereocenters. The fourth-order valence-electron chi connectivity index (χ4n) is 1.43. The minimum Gasteiger partial charge on any atom is -0.352 e. The van der Waals surface area contributed by atoms with E-state index in [0.29, 0.717) is 5.92 Å². The van der Waals surface area contributed by atoms with Gasteiger partial charge in [-0.15, -0.1) is 10.1 Å². The van der Waals surface area contributed by atoms with E-state index in [2.05, 4.69) is 4.89 Å². The van der Waals surface area contributed by atoms with Crippen LogP contribution < -0.4 is 0 Å². The van der Waals surface area contributed by atoms with E-state index >= 15 is 0 Å². The van der Waals surface area contributed by atoms with Crippen LogP contribution in [-0.4, -0.2) is 29.0 Å². The standard InChI is InChI=1S/C7H14O3.HNO3.Y/c8-10-6-9-5-7-3-1-2-4-7;2-1(3)4;/h7-8H,1-6H2;(H,2,3,4);. The van der Waals surface area contributed by atoms with Gasteiger partial charge in [0, 0.05) is 32.7 Å². The molecule has 0 spiro atoms. The SMILES string of the molecule is O=[N+]([O-])O.OOCOCC1CCCC1.[Y]. The molecule has 0 saturated heterocycles. The van der Waals surface area contributed by atoms with E-state index < -0.39 is 5.09 Å². The Kier molecular flexibility index (Phi) is 14.4. The zero-order valence-electron chi connectivity index (χ0n) is 8.37. The molecule has 0 aromatic carbocycles. The fraction of sp³-hybridized carbons (Fsp3) is 1.00. The molecule has 1 radical (unpaired) electrons. The first-order chi connectivity index (χ1) is 6.66. The Balaban J connectivity index is 0. The molecule has 15 heavy (non-hydrogen) atoms. The van der Waals surface area contributed by atoms with Gasteiger partial charge in [0.2, 0.25) is 0 Å². The van der Waals surface area contributed by atoms with E-state index in [9.17, 15) is 0 Å². The maximum atomic E-state index is 8.36. The topological polar surface area (TPSA) is 102 Å². The summed E-state index contributed by atoms with van der Waals surface area (Å²) in [6, 6.07) is 0.